The summed E-state index contributed by atoms with van der Waals surface area (Å²) < 4.78 is 15.8. The molecule has 130 valence electrons. The molecule has 0 spiro atoms. The van der Waals surface area contributed by atoms with Crippen LogP contribution in [0, 0.1) is 0 Å². The van der Waals surface area contributed by atoms with Crippen LogP contribution in [0.5, 0.6) is 5.75 Å². The second-order valence-corrected chi connectivity index (χ2v) is 6.01. The number of hydrogen-bond acceptors (Lipinski definition) is 5. The van der Waals surface area contributed by atoms with Gasteiger partial charge in [-0.05, 0) is 32.9 Å². The number of para-hydroxylation sites is 1. The second kappa shape index (κ2) is 10.9. The zero-order valence-electron chi connectivity index (χ0n) is 14.3. The molecule has 0 radical (unpaired) electrons. The fourth-order valence-electron chi connectivity index (χ4n) is 1.68. The van der Waals surface area contributed by atoms with Crippen molar-refractivity contribution >= 4 is 6.09 Å². The van der Waals surface area contributed by atoms with Crippen molar-refractivity contribution in [1.82, 2.24) is 10.6 Å². The average Bonchev–Trinajstić information content (AvgIpc) is 2.51. The maximum Gasteiger partial charge on any atom is 0.407 e. The fourth-order valence-corrected chi connectivity index (χ4v) is 1.68. The van der Waals surface area contributed by atoms with Crippen LogP contribution in [0.2, 0.25) is 0 Å². The summed E-state index contributed by atoms with van der Waals surface area (Å²) in [5.74, 6) is 0.815. The van der Waals surface area contributed by atoms with Gasteiger partial charge in [-0.25, -0.2) is 4.79 Å². The van der Waals surface area contributed by atoms with E-state index in [9.17, 15) is 4.79 Å². The number of nitrogens with one attached hydrogen (secondary N) is 2. The first-order valence-electron chi connectivity index (χ1n) is 7.88. The molecule has 0 atom stereocenters. The first-order chi connectivity index (χ1) is 11.0. The predicted octanol–water partition coefficient (Wildman–Crippen LogP) is 2.20. The summed E-state index contributed by atoms with van der Waals surface area (Å²) in [5, 5.41) is 5.95. The average molecular weight is 324 g/mol. The summed E-state index contributed by atoms with van der Waals surface area (Å²) in [5.41, 5.74) is 0.0429. The van der Waals surface area contributed by atoms with Gasteiger partial charge >= 0.3 is 6.09 Å². The molecule has 0 aliphatic heterocycles. The number of carbonyl (C=O) groups excluding carboxylic acids is 1. The molecule has 23 heavy (non-hydrogen) atoms. The number of carbonyl (C=O) groups is 1. The Morgan fingerprint density at radius 2 is 1.70 bits per heavy atom. The Balaban J connectivity index is 1.89. The zero-order chi connectivity index (χ0) is 17.0. The highest BCUT2D eigenvalue weighted by atomic mass is 16.6. The van der Waals surface area contributed by atoms with E-state index >= 15 is 0 Å². The summed E-state index contributed by atoms with van der Waals surface area (Å²) in [4.78, 5) is 11.4. The minimum atomic E-state index is -0.426. The van der Waals surface area contributed by atoms with E-state index in [1.807, 2.05) is 30.3 Å². The maximum absolute atomic E-state index is 11.4. The summed E-state index contributed by atoms with van der Waals surface area (Å²) in [7, 11) is 0. The van der Waals surface area contributed by atoms with Gasteiger partial charge in [0.05, 0.1) is 13.2 Å². The monoisotopic (exact) mass is 324 g/mol. The Kier molecular flexibility index (Phi) is 9.09. The van der Waals surface area contributed by atoms with Gasteiger partial charge in [0.1, 0.15) is 19.0 Å². The topological polar surface area (TPSA) is 68.8 Å². The van der Waals surface area contributed by atoms with Crippen molar-refractivity contribution in [3.8, 4) is 5.75 Å². The van der Waals surface area contributed by atoms with Gasteiger partial charge in [-0.3, -0.25) is 0 Å². The smallest absolute Gasteiger partial charge is 0.407 e. The minimum absolute atomic E-state index is 0.0429. The van der Waals surface area contributed by atoms with Gasteiger partial charge in [0, 0.05) is 18.6 Å². The Labute approximate surface area is 138 Å². The first-order valence-corrected chi connectivity index (χ1v) is 7.88. The van der Waals surface area contributed by atoms with E-state index in [-0.39, 0.29) is 12.1 Å². The molecule has 0 aromatic heterocycles. The van der Waals surface area contributed by atoms with Crippen LogP contribution in [0.4, 0.5) is 4.79 Å². The van der Waals surface area contributed by atoms with Crippen molar-refractivity contribution in [3.63, 3.8) is 0 Å². The highest BCUT2D eigenvalue weighted by Gasteiger charge is 2.08. The molecule has 0 unspecified atom stereocenters. The molecule has 0 bridgehead atoms. The summed E-state index contributed by atoms with van der Waals surface area (Å²) >= 11 is 0. The minimum Gasteiger partial charge on any atom is -0.491 e. The van der Waals surface area contributed by atoms with Crippen molar-refractivity contribution in [2.24, 2.45) is 0 Å². The van der Waals surface area contributed by atoms with Crippen molar-refractivity contribution in [3.05, 3.63) is 30.3 Å². The van der Waals surface area contributed by atoms with Crippen LogP contribution in [-0.4, -0.2) is 51.1 Å². The molecule has 0 aliphatic carbocycles. The third-order valence-corrected chi connectivity index (χ3v) is 2.75. The molecule has 0 fully saturated rings. The molecule has 1 aromatic carbocycles. The predicted molar refractivity (Wildman–Crippen MR) is 89.9 cm³/mol. The number of alkyl carbamates (subject to hydrolysis) is 1. The number of amides is 1. The van der Waals surface area contributed by atoms with Crippen LogP contribution in [0.25, 0.3) is 0 Å². The molecule has 1 amide bonds. The maximum atomic E-state index is 11.4. The third-order valence-electron chi connectivity index (χ3n) is 2.75. The zero-order valence-corrected chi connectivity index (χ0v) is 14.3. The molecule has 0 heterocycles. The normalized spacial score (nSPS) is 11.1. The summed E-state index contributed by atoms with van der Waals surface area (Å²) in [6.07, 6.45) is -0.426. The van der Waals surface area contributed by atoms with E-state index in [4.69, 9.17) is 14.2 Å². The van der Waals surface area contributed by atoms with Crippen LogP contribution in [0.3, 0.4) is 0 Å². The Morgan fingerprint density at radius 1 is 1.00 bits per heavy atom. The second-order valence-electron chi connectivity index (χ2n) is 6.01. The van der Waals surface area contributed by atoms with Gasteiger partial charge in [0.15, 0.2) is 0 Å². The van der Waals surface area contributed by atoms with Gasteiger partial charge in [-0.1, -0.05) is 18.2 Å². The third kappa shape index (κ3) is 11.4. The van der Waals surface area contributed by atoms with E-state index < -0.39 is 6.09 Å². The van der Waals surface area contributed by atoms with Crippen molar-refractivity contribution < 1.29 is 19.0 Å². The van der Waals surface area contributed by atoms with Gasteiger partial charge in [-0.15, -0.1) is 0 Å². The van der Waals surface area contributed by atoms with Crippen LogP contribution in [-0.2, 0) is 9.47 Å². The Morgan fingerprint density at radius 3 is 2.39 bits per heavy atom. The highest BCUT2D eigenvalue weighted by molar-refractivity contribution is 5.67. The molecule has 0 saturated carbocycles. The van der Waals surface area contributed by atoms with Crippen molar-refractivity contribution in [2.75, 3.05) is 39.5 Å². The number of rotatable bonds is 10. The largest absolute Gasteiger partial charge is 0.491 e. The molecule has 0 saturated heterocycles. The van der Waals surface area contributed by atoms with Crippen molar-refractivity contribution in [2.45, 2.75) is 26.3 Å². The van der Waals surface area contributed by atoms with E-state index in [0.717, 1.165) is 5.75 Å². The van der Waals surface area contributed by atoms with Crippen molar-refractivity contribution in [1.29, 1.82) is 0 Å². The molecule has 0 aliphatic rings. The lowest BCUT2D eigenvalue weighted by atomic mass is 10.1. The lowest BCUT2D eigenvalue weighted by molar-refractivity contribution is 0.0578. The number of ether oxygens (including phenoxy) is 3. The molecule has 6 nitrogen and oxygen atoms in total. The molecule has 1 rings (SSSR count). The molecule has 2 N–H and O–H groups in total. The molecule has 1 aromatic rings. The van der Waals surface area contributed by atoms with E-state index in [2.05, 4.69) is 31.4 Å². The summed E-state index contributed by atoms with van der Waals surface area (Å²) in [6, 6.07) is 9.55. The quantitative estimate of drug-likeness (QED) is 0.646. The van der Waals surface area contributed by atoms with Crippen LogP contribution >= 0.6 is 0 Å². The highest BCUT2D eigenvalue weighted by Crippen LogP contribution is 2.07. The first kappa shape index (κ1) is 19.3. The lowest BCUT2D eigenvalue weighted by Crippen LogP contribution is -2.41. The van der Waals surface area contributed by atoms with E-state index in [1.54, 1.807) is 0 Å². The van der Waals surface area contributed by atoms with Gasteiger partial charge in [0.2, 0.25) is 0 Å². The van der Waals surface area contributed by atoms with Gasteiger partial charge in [0.25, 0.3) is 0 Å². The number of hydrogen-bond donors (Lipinski definition) is 2. The lowest BCUT2D eigenvalue weighted by Gasteiger charge is -2.20. The van der Waals surface area contributed by atoms with Crippen LogP contribution < -0.4 is 15.4 Å². The molecule has 6 heteroatoms. The Bertz CT molecular complexity index is 432. The standard InChI is InChI=1S/C17H28N2O4/c1-17(2,3)19-10-9-18-16(20)23-14-12-21-11-13-22-15-7-5-4-6-8-15/h4-8,19H,9-14H2,1-3H3,(H,18,20). The Hall–Kier alpha value is -1.79. The van der Waals surface area contributed by atoms with Crippen LogP contribution in [0.15, 0.2) is 30.3 Å². The van der Waals surface area contributed by atoms with E-state index in [0.29, 0.717) is 32.9 Å². The number of benzene rings is 1. The van der Waals surface area contributed by atoms with Gasteiger partial charge in [-0.2, -0.15) is 0 Å². The van der Waals surface area contributed by atoms with Gasteiger partial charge < -0.3 is 24.8 Å². The molecular weight excluding hydrogens is 296 g/mol. The molecular formula is C17H28N2O4. The van der Waals surface area contributed by atoms with E-state index in [1.165, 1.54) is 0 Å². The van der Waals surface area contributed by atoms with Crippen LogP contribution in [0.1, 0.15) is 20.8 Å². The SMILES string of the molecule is CC(C)(C)NCCNC(=O)OCCOCCOc1ccccc1. The summed E-state index contributed by atoms with van der Waals surface area (Å²) in [6.45, 7) is 8.95. The fraction of sp³-hybridized carbons (Fsp3) is 0.588.